The third-order valence-corrected chi connectivity index (χ3v) is 7.48. The van der Waals surface area contributed by atoms with Gasteiger partial charge < -0.3 is 4.90 Å². The average Bonchev–Trinajstić information content (AvgIpc) is 3.41. The standard InChI is InChI=1S/C23H21N3OS2/c27-21(13-18-15-28-22(24-18)16-7-2-1-3-8-16)26-12-6-9-17(14-26)23-25-19-10-4-5-11-20(19)29-23/h1-5,7-8,10-11,15,17H,6,9,12-14H2. The second-order valence-electron chi connectivity index (χ2n) is 7.39. The van der Waals surface area contributed by atoms with Gasteiger partial charge in [0.15, 0.2) is 0 Å². The molecule has 4 aromatic rings. The molecule has 1 aliphatic heterocycles. The minimum atomic E-state index is 0.167. The molecule has 1 fully saturated rings. The van der Waals surface area contributed by atoms with Crippen LogP contribution in [0.5, 0.6) is 0 Å². The fourth-order valence-corrected chi connectivity index (χ4v) is 5.76. The van der Waals surface area contributed by atoms with E-state index in [1.165, 1.54) is 4.70 Å². The Hall–Kier alpha value is -2.57. The minimum absolute atomic E-state index is 0.167. The first-order valence-electron chi connectivity index (χ1n) is 9.89. The fraction of sp³-hybridized carbons (Fsp3) is 0.261. The number of rotatable bonds is 4. The summed E-state index contributed by atoms with van der Waals surface area (Å²) < 4.78 is 1.22. The Labute approximate surface area is 177 Å². The number of likely N-dealkylation sites (tertiary alicyclic amines) is 1. The molecule has 6 heteroatoms. The smallest absolute Gasteiger partial charge is 0.228 e. The lowest BCUT2D eigenvalue weighted by molar-refractivity contribution is -0.131. The third-order valence-electron chi connectivity index (χ3n) is 5.34. The normalized spacial score (nSPS) is 17.0. The van der Waals surface area contributed by atoms with Gasteiger partial charge in [0.05, 0.1) is 27.3 Å². The summed E-state index contributed by atoms with van der Waals surface area (Å²) in [6, 6.07) is 18.4. The first-order valence-corrected chi connectivity index (χ1v) is 11.6. The molecular formula is C23H21N3OS2. The van der Waals surface area contributed by atoms with Gasteiger partial charge in [-0.1, -0.05) is 42.5 Å². The Kier molecular flexibility index (Phi) is 5.12. The maximum Gasteiger partial charge on any atom is 0.228 e. The largest absolute Gasteiger partial charge is 0.342 e. The molecule has 1 saturated heterocycles. The number of aromatic nitrogens is 2. The van der Waals surface area contributed by atoms with Crippen LogP contribution in [0.1, 0.15) is 29.5 Å². The molecule has 1 unspecified atom stereocenters. The van der Waals surface area contributed by atoms with E-state index in [4.69, 9.17) is 4.98 Å². The molecule has 29 heavy (non-hydrogen) atoms. The highest BCUT2D eigenvalue weighted by Gasteiger charge is 2.27. The predicted molar refractivity (Wildman–Crippen MR) is 119 cm³/mol. The molecule has 0 N–H and O–H groups in total. The number of hydrogen-bond acceptors (Lipinski definition) is 5. The van der Waals surface area contributed by atoms with Crippen LogP contribution in [-0.4, -0.2) is 33.9 Å². The molecule has 1 amide bonds. The second kappa shape index (κ2) is 8.05. The number of benzene rings is 2. The molecule has 3 heterocycles. The lowest BCUT2D eigenvalue weighted by atomic mass is 9.98. The molecule has 146 valence electrons. The summed E-state index contributed by atoms with van der Waals surface area (Å²) in [5.41, 5.74) is 3.03. The number of thiazole rings is 2. The van der Waals surface area contributed by atoms with Crippen molar-refractivity contribution >= 4 is 38.8 Å². The summed E-state index contributed by atoms with van der Waals surface area (Å²) in [6.45, 7) is 1.59. The van der Waals surface area contributed by atoms with Gasteiger partial charge in [-0.25, -0.2) is 9.97 Å². The number of nitrogens with zero attached hydrogens (tertiary/aromatic N) is 3. The van der Waals surface area contributed by atoms with Crippen molar-refractivity contribution in [3.8, 4) is 10.6 Å². The maximum atomic E-state index is 12.9. The summed E-state index contributed by atoms with van der Waals surface area (Å²) in [5.74, 6) is 0.501. The second-order valence-corrected chi connectivity index (χ2v) is 9.31. The first kappa shape index (κ1) is 18.5. The van der Waals surface area contributed by atoms with Crippen LogP contribution in [0.2, 0.25) is 0 Å². The molecule has 2 aromatic heterocycles. The van der Waals surface area contributed by atoms with E-state index in [0.29, 0.717) is 12.3 Å². The van der Waals surface area contributed by atoms with Crippen LogP contribution in [0.15, 0.2) is 60.0 Å². The quantitative estimate of drug-likeness (QED) is 0.447. The van der Waals surface area contributed by atoms with Crippen molar-refractivity contribution in [3.05, 3.63) is 70.7 Å². The van der Waals surface area contributed by atoms with Crippen molar-refractivity contribution in [2.45, 2.75) is 25.2 Å². The Morgan fingerprint density at radius 1 is 1.07 bits per heavy atom. The van der Waals surface area contributed by atoms with E-state index in [9.17, 15) is 4.79 Å². The summed E-state index contributed by atoms with van der Waals surface area (Å²) >= 11 is 3.36. The molecule has 0 spiro atoms. The van der Waals surface area contributed by atoms with Crippen LogP contribution in [0.4, 0.5) is 0 Å². The number of hydrogen-bond donors (Lipinski definition) is 0. The Morgan fingerprint density at radius 3 is 2.76 bits per heavy atom. The van der Waals surface area contributed by atoms with Gasteiger partial charge in [-0.2, -0.15) is 0 Å². The lowest BCUT2D eigenvalue weighted by Gasteiger charge is -2.31. The van der Waals surface area contributed by atoms with E-state index in [1.54, 1.807) is 22.7 Å². The number of fused-ring (bicyclic) bond motifs is 1. The Balaban J connectivity index is 1.27. The number of amides is 1. The number of piperidine rings is 1. The number of para-hydroxylation sites is 1. The molecule has 1 aliphatic rings. The van der Waals surface area contributed by atoms with Crippen molar-refractivity contribution in [2.75, 3.05) is 13.1 Å². The van der Waals surface area contributed by atoms with E-state index < -0.39 is 0 Å². The molecule has 5 rings (SSSR count). The van der Waals surface area contributed by atoms with Crippen LogP contribution in [-0.2, 0) is 11.2 Å². The van der Waals surface area contributed by atoms with Gasteiger partial charge in [0.1, 0.15) is 5.01 Å². The summed E-state index contributed by atoms with van der Waals surface area (Å²) in [5, 5.41) is 4.14. The number of carbonyl (C=O) groups is 1. The van der Waals surface area contributed by atoms with E-state index in [1.807, 2.05) is 34.5 Å². The SMILES string of the molecule is O=C(Cc1csc(-c2ccccc2)n1)N1CCCC(c2nc3ccccc3s2)C1. The topological polar surface area (TPSA) is 46.1 Å². The van der Waals surface area contributed by atoms with Crippen LogP contribution in [0, 0.1) is 0 Å². The number of carbonyl (C=O) groups excluding carboxylic acids is 1. The van der Waals surface area contributed by atoms with Gasteiger partial charge in [0.2, 0.25) is 5.91 Å². The highest BCUT2D eigenvalue weighted by atomic mass is 32.1. The Morgan fingerprint density at radius 2 is 1.90 bits per heavy atom. The van der Waals surface area contributed by atoms with E-state index >= 15 is 0 Å². The monoisotopic (exact) mass is 419 g/mol. The molecule has 0 radical (unpaired) electrons. The zero-order chi connectivity index (χ0) is 19.6. The predicted octanol–water partition coefficient (Wildman–Crippen LogP) is 5.37. The van der Waals surface area contributed by atoms with Crippen molar-refractivity contribution in [3.63, 3.8) is 0 Å². The van der Waals surface area contributed by atoms with Gasteiger partial charge >= 0.3 is 0 Å². The summed E-state index contributed by atoms with van der Waals surface area (Å²) in [4.78, 5) is 24.4. The van der Waals surface area contributed by atoms with Crippen LogP contribution in [0.25, 0.3) is 20.8 Å². The minimum Gasteiger partial charge on any atom is -0.342 e. The van der Waals surface area contributed by atoms with E-state index in [-0.39, 0.29) is 5.91 Å². The van der Waals surface area contributed by atoms with Crippen molar-refractivity contribution in [1.82, 2.24) is 14.9 Å². The van der Waals surface area contributed by atoms with E-state index in [0.717, 1.165) is 52.7 Å². The lowest BCUT2D eigenvalue weighted by Crippen LogP contribution is -2.40. The molecule has 0 bridgehead atoms. The first-order chi connectivity index (χ1) is 14.3. The van der Waals surface area contributed by atoms with Crippen molar-refractivity contribution in [2.24, 2.45) is 0 Å². The zero-order valence-corrected chi connectivity index (χ0v) is 17.6. The average molecular weight is 420 g/mol. The summed E-state index contributed by atoms with van der Waals surface area (Å²) in [7, 11) is 0. The van der Waals surface area contributed by atoms with Gasteiger partial charge in [-0.3, -0.25) is 4.79 Å². The zero-order valence-electron chi connectivity index (χ0n) is 16.0. The third kappa shape index (κ3) is 3.95. The Bertz CT molecular complexity index is 1100. The van der Waals surface area contributed by atoms with Gasteiger partial charge in [0.25, 0.3) is 0 Å². The highest BCUT2D eigenvalue weighted by Crippen LogP contribution is 2.33. The van der Waals surface area contributed by atoms with Crippen molar-refractivity contribution in [1.29, 1.82) is 0 Å². The molecule has 1 atom stereocenters. The van der Waals surface area contributed by atoms with E-state index in [2.05, 4.69) is 35.3 Å². The maximum absolute atomic E-state index is 12.9. The van der Waals surface area contributed by atoms with Crippen LogP contribution >= 0.6 is 22.7 Å². The molecule has 0 saturated carbocycles. The van der Waals surface area contributed by atoms with Gasteiger partial charge in [0, 0.05) is 30.0 Å². The molecule has 2 aromatic carbocycles. The molecule has 0 aliphatic carbocycles. The fourth-order valence-electron chi connectivity index (χ4n) is 3.84. The molecule has 4 nitrogen and oxygen atoms in total. The van der Waals surface area contributed by atoms with Gasteiger partial charge in [-0.05, 0) is 25.0 Å². The van der Waals surface area contributed by atoms with Gasteiger partial charge in [-0.15, -0.1) is 22.7 Å². The molecular weight excluding hydrogens is 398 g/mol. The van der Waals surface area contributed by atoms with Crippen LogP contribution in [0.3, 0.4) is 0 Å². The van der Waals surface area contributed by atoms with Crippen molar-refractivity contribution < 1.29 is 4.79 Å². The van der Waals surface area contributed by atoms with Crippen LogP contribution < -0.4 is 0 Å². The summed E-state index contributed by atoms with van der Waals surface area (Å²) in [6.07, 6.45) is 2.49. The highest BCUT2D eigenvalue weighted by molar-refractivity contribution is 7.18.